The molecule has 0 aliphatic heterocycles. The van der Waals surface area contributed by atoms with Crippen LogP contribution in [-0.4, -0.2) is 7.11 Å². The summed E-state index contributed by atoms with van der Waals surface area (Å²) in [5, 5.41) is 0. The highest BCUT2D eigenvalue weighted by atomic mass is 19.3. The van der Waals surface area contributed by atoms with Crippen LogP contribution in [0.15, 0.2) is 42.5 Å². The normalized spacial score (nSPS) is 10.7. The van der Waals surface area contributed by atoms with Crippen molar-refractivity contribution in [2.75, 3.05) is 12.8 Å². The third kappa shape index (κ3) is 2.42. The lowest BCUT2D eigenvalue weighted by atomic mass is 9.99. The van der Waals surface area contributed by atoms with Gasteiger partial charge in [0.05, 0.1) is 7.11 Å². The van der Waals surface area contributed by atoms with Crippen LogP contribution >= 0.6 is 0 Å². The molecule has 0 heterocycles. The largest absolute Gasteiger partial charge is 0.497 e. The van der Waals surface area contributed by atoms with E-state index in [2.05, 4.69) is 0 Å². The highest BCUT2D eigenvalue weighted by molar-refractivity contribution is 5.71. The van der Waals surface area contributed by atoms with E-state index in [1.165, 1.54) is 13.2 Å². The van der Waals surface area contributed by atoms with Gasteiger partial charge < -0.3 is 10.5 Å². The third-order valence-electron chi connectivity index (χ3n) is 2.69. The summed E-state index contributed by atoms with van der Waals surface area (Å²) >= 11 is 0. The summed E-state index contributed by atoms with van der Waals surface area (Å²) in [5.74, 6) is 0.629. The van der Waals surface area contributed by atoms with Gasteiger partial charge in [0.15, 0.2) is 0 Å². The van der Waals surface area contributed by atoms with E-state index in [0.29, 0.717) is 22.6 Å². The molecular formula is C14H13F2NO. The Kier molecular flexibility index (Phi) is 3.46. The second-order valence-electron chi connectivity index (χ2n) is 3.88. The zero-order chi connectivity index (χ0) is 13.1. The van der Waals surface area contributed by atoms with E-state index < -0.39 is 6.43 Å². The van der Waals surface area contributed by atoms with Crippen LogP contribution in [0, 0.1) is 0 Å². The molecule has 0 aromatic heterocycles. The van der Waals surface area contributed by atoms with E-state index >= 15 is 0 Å². The summed E-state index contributed by atoms with van der Waals surface area (Å²) in [6.45, 7) is 0. The van der Waals surface area contributed by atoms with Crippen molar-refractivity contribution in [1.29, 1.82) is 0 Å². The minimum absolute atomic E-state index is 0.0664. The van der Waals surface area contributed by atoms with Crippen molar-refractivity contribution in [1.82, 2.24) is 0 Å². The Morgan fingerprint density at radius 1 is 1.11 bits per heavy atom. The molecule has 0 amide bonds. The number of hydrogen-bond acceptors (Lipinski definition) is 2. The van der Waals surface area contributed by atoms with Crippen LogP contribution in [0.4, 0.5) is 14.5 Å². The summed E-state index contributed by atoms with van der Waals surface area (Å²) in [4.78, 5) is 0. The number of methoxy groups -OCH3 is 1. The lowest BCUT2D eigenvalue weighted by Gasteiger charge is -2.11. The van der Waals surface area contributed by atoms with Gasteiger partial charge in [0.2, 0.25) is 0 Å². The van der Waals surface area contributed by atoms with Gasteiger partial charge in [0.1, 0.15) is 5.75 Å². The van der Waals surface area contributed by atoms with Crippen molar-refractivity contribution >= 4 is 5.69 Å². The molecule has 0 aliphatic carbocycles. The van der Waals surface area contributed by atoms with Crippen molar-refractivity contribution < 1.29 is 13.5 Å². The van der Waals surface area contributed by atoms with Crippen LogP contribution in [0.5, 0.6) is 5.75 Å². The topological polar surface area (TPSA) is 35.2 Å². The standard InChI is InChI=1S/C14H13F2NO/c1-18-11-4-2-3-9(7-11)12-6-5-10(17)8-13(12)14(15)16/h2-8,14H,17H2,1H3. The fraction of sp³-hybridized carbons (Fsp3) is 0.143. The van der Waals surface area contributed by atoms with Gasteiger partial charge in [-0.2, -0.15) is 0 Å². The van der Waals surface area contributed by atoms with Crippen LogP contribution < -0.4 is 10.5 Å². The Morgan fingerprint density at radius 2 is 1.89 bits per heavy atom. The number of rotatable bonds is 3. The first-order valence-electron chi connectivity index (χ1n) is 5.44. The molecule has 2 rings (SSSR count). The molecule has 2 aromatic carbocycles. The van der Waals surface area contributed by atoms with Crippen LogP contribution in [0.3, 0.4) is 0 Å². The van der Waals surface area contributed by atoms with Gasteiger partial charge in [-0.1, -0.05) is 18.2 Å². The maximum atomic E-state index is 13.0. The monoisotopic (exact) mass is 249 g/mol. The Labute approximate surface area is 104 Å². The van der Waals surface area contributed by atoms with Crippen LogP contribution in [0.25, 0.3) is 11.1 Å². The second-order valence-corrected chi connectivity index (χ2v) is 3.88. The van der Waals surface area contributed by atoms with Gasteiger partial charge in [-0.15, -0.1) is 0 Å². The minimum Gasteiger partial charge on any atom is -0.497 e. The molecule has 0 unspecified atom stereocenters. The average molecular weight is 249 g/mol. The SMILES string of the molecule is COc1cccc(-c2ccc(N)cc2C(F)F)c1. The molecule has 0 saturated heterocycles. The van der Waals surface area contributed by atoms with Crippen molar-refractivity contribution in [3.63, 3.8) is 0 Å². The first-order valence-corrected chi connectivity index (χ1v) is 5.44. The first-order chi connectivity index (χ1) is 8.61. The molecule has 2 N–H and O–H groups in total. The first kappa shape index (κ1) is 12.4. The van der Waals surface area contributed by atoms with Crippen molar-refractivity contribution in [3.05, 3.63) is 48.0 Å². The molecule has 0 atom stereocenters. The molecule has 18 heavy (non-hydrogen) atoms. The Balaban J connectivity index is 2.55. The lowest BCUT2D eigenvalue weighted by Crippen LogP contribution is -1.94. The maximum absolute atomic E-state index is 13.0. The quantitative estimate of drug-likeness (QED) is 0.838. The fourth-order valence-corrected chi connectivity index (χ4v) is 1.82. The van der Waals surface area contributed by atoms with Crippen molar-refractivity contribution in [2.45, 2.75) is 6.43 Å². The van der Waals surface area contributed by atoms with Gasteiger partial charge in [-0.3, -0.25) is 0 Å². The van der Waals surface area contributed by atoms with Crippen molar-refractivity contribution in [3.8, 4) is 16.9 Å². The Hall–Kier alpha value is -2.10. The fourth-order valence-electron chi connectivity index (χ4n) is 1.82. The van der Waals surface area contributed by atoms with E-state index in [1.807, 2.05) is 0 Å². The molecule has 0 aliphatic rings. The maximum Gasteiger partial charge on any atom is 0.264 e. The summed E-state index contributed by atoms with van der Waals surface area (Å²) < 4.78 is 31.1. The average Bonchev–Trinajstić information content (AvgIpc) is 2.38. The lowest BCUT2D eigenvalue weighted by molar-refractivity contribution is 0.152. The van der Waals surface area contributed by atoms with Crippen molar-refractivity contribution in [2.24, 2.45) is 0 Å². The number of nitrogens with two attached hydrogens (primary N) is 1. The number of nitrogen functional groups attached to an aromatic ring is 1. The zero-order valence-electron chi connectivity index (χ0n) is 9.86. The second kappa shape index (κ2) is 5.04. The summed E-state index contributed by atoms with van der Waals surface area (Å²) in [7, 11) is 1.54. The smallest absolute Gasteiger partial charge is 0.264 e. The predicted molar refractivity (Wildman–Crippen MR) is 67.8 cm³/mol. The highest BCUT2D eigenvalue weighted by Crippen LogP contribution is 2.33. The number of benzene rings is 2. The van der Waals surface area contributed by atoms with Gasteiger partial charge in [0, 0.05) is 11.3 Å². The van der Waals surface area contributed by atoms with Crippen LogP contribution in [0.2, 0.25) is 0 Å². The van der Waals surface area contributed by atoms with E-state index in [-0.39, 0.29) is 5.56 Å². The molecule has 2 nitrogen and oxygen atoms in total. The van der Waals surface area contributed by atoms with Gasteiger partial charge in [-0.25, -0.2) is 8.78 Å². The van der Waals surface area contributed by atoms with Gasteiger partial charge in [0.25, 0.3) is 6.43 Å². The Morgan fingerprint density at radius 3 is 2.56 bits per heavy atom. The Bertz CT molecular complexity index is 555. The minimum atomic E-state index is -2.56. The van der Waals surface area contributed by atoms with E-state index in [9.17, 15) is 8.78 Å². The number of ether oxygens (including phenoxy) is 1. The number of halogens is 2. The van der Waals surface area contributed by atoms with Gasteiger partial charge >= 0.3 is 0 Å². The molecule has 0 saturated carbocycles. The molecule has 94 valence electrons. The predicted octanol–water partition coefficient (Wildman–Crippen LogP) is 3.88. The van der Waals surface area contributed by atoms with E-state index in [1.54, 1.807) is 36.4 Å². The zero-order valence-corrected chi connectivity index (χ0v) is 9.86. The molecule has 0 radical (unpaired) electrons. The molecule has 4 heteroatoms. The van der Waals surface area contributed by atoms with Crippen LogP contribution in [0.1, 0.15) is 12.0 Å². The molecule has 0 bridgehead atoms. The van der Waals surface area contributed by atoms with E-state index in [0.717, 1.165) is 0 Å². The number of anilines is 1. The summed E-state index contributed by atoms with van der Waals surface area (Å²) in [6, 6.07) is 11.5. The summed E-state index contributed by atoms with van der Waals surface area (Å²) in [6.07, 6.45) is -2.56. The molecule has 0 spiro atoms. The molecule has 2 aromatic rings. The summed E-state index contributed by atoms with van der Waals surface area (Å²) in [5.41, 5.74) is 6.96. The third-order valence-corrected chi connectivity index (χ3v) is 2.69. The molecule has 0 fully saturated rings. The van der Waals surface area contributed by atoms with Gasteiger partial charge in [-0.05, 0) is 35.4 Å². The number of hydrogen-bond donors (Lipinski definition) is 1. The van der Waals surface area contributed by atoms with Crippen LogP contribution in [-0.2, 0) is 0 Å². The molecular weight excluding hydrogens is 236 g/mol. The number of alkyl halides is 2. The van der Waals surface area contributed by atoms with E-state index in [4.69, 9.17) is 10.5 Å². The highest BCUT2D eigenvalue weighted by Gasteiger charge is 2.14.